The molecule has 2 amide bonds. The minimum absolute atomic E-state index is 0.0122. The molecule has 1 unspecified atom stereocenters. The number of nitrogens with two attached hydrogens (primary N) is 4. The Morgan fingerprint density at radius 1 is 1.00 bits per heavy atom. The zero-order chi connectivity index (χ0) is 30.7. The van der Waals surface area contributed by atoms with Gasteiger partial charge in [-0.25, -0.2) is 9.86 Å². The maximum Gasteiger partial charge on any atom is 0.341 e. The van der Waals surface area contributed by atoms with Crippen LogP contribution in [0.1, 0.15) is 12.8 Å². The number of hydrogen-bond acceptors (Lipinski definition) is 16. The highest BCUT2D eigenvalue weighted by Gasteiger charge is 2.54. The van der Waals surface area contributed by atoms with Gasteiger partial charge in [0.2, 0.25) is 0 Å². The van der Waals surface area contributed by atoms with Crippen LogP contribution in [0.4, 0.5) is 4.79 Å². The summed E-state index contributed by atoms with van der Waals surface area (Å²) in [4.78, 5) is 12.7. The number of hydroxylamine groups is 2. The fourth-order valence-corrected chi connectivity index (χ4v) is 6.27. The van der Waals surface area contributed by atoms with Crippen molar-refractivity contribution in [2.45, 2.75) is 98.2 Å². The van der Waals surface area contributed by atoms with Gasteiger partial charge in [-0.3, -0.25) is 5.21 Å². The molecule has 0 aromatic heterocycles. The van der Waals surface area contributed by atoms with Crippen LogP contribution in [0.3, 0.4) is 0 Å². The molecule has 3 aliphatic heterocycles. The number of aliphatic hydroxyl groups is 5. The normalized spacial score (nSPS) is 44.8. The highest BCUT2D eigenvalue weighted by molar-refractivity contribution is 5.73. The van der Waals surface area contributed by atoms with Gasteiger partial charge in [-0.1, -0.05) is 0 Å². The summed E-state index contributed by atoms with van der Waals surface area (Å²) >= 11 is 0. The third-order valence-corrected chi connectivity index (χ3v) is 8.76. The number of aliphatic hydroxyl groups excluding tert-OH is 5. The van der Waals surface area contributed by atoms with Crippen molar-refractivity contribution in [3.05, 3.63) is 0 Å². The van der Waals surface area contributed by atoms with Crippen molar-refractivity contribution in [2.75, 3.05) is 39.3 Å². The summed E-state index contributed by atoms with van der Waals surface area (Å²) in [5.74, 6) is -0.807. The van der Waals surface area contributed by atoms with Gasteiger partial charge in [0.05, 0.1) is 49.7 Å². The zero-order valence-electron chi connectivity index (χ0n) is 23.4. The Morgan fingerprint density at radius 3 is 2.31 bits per heavy atom. The average molecular weight is 609 g/mol. The molecule has 4 fully saturated rings. The highest BCUT2D eigenvalue weighted by atomic mass is 16.7. The fraction of sp³-hybridized carbons (Fsp3) is 0.958. The third kappa shape index (κ3) is 7.14. The highest BCUT2D eigenvalue weighted by Crippen LogP contribution is 2.37. The van der Waals surface area contributed by atoms with E-state index in [1.165, 1.54) is 0 Å². The van der Waals surface area contributed by atoms with Crippen molar-refractivity contribution in [2.24, 2.45) is 28.9 Å². The third-order valence-electron chi connectivity index (χ3n) is 8.76. The Morgan fingerprint density at radius 2 is 1.71 bits per heavy atom. The molecule has 0 spiro atoms. The Labute approximate surface area is 243 Å². The van der Waals surface area contributed by atoms with E-state index in [0.717, 1.165) is 0 Å². The first-order chi connectivity index (χ1) is 20.0. The van der Waals surface area contributed by atoms with Crippen LogP contribution in [-0.4, -0.2) is 166 Å². The average Bonchev–Trinajstić information content (AvgIpc) is 2.93. The lowest BCUT2D eigenvalue weighted by molar-refractivity contribution is -0.306. The SMILES string of the molecule is NCCN(O)C(=O)N[C@@H]1C[C@H](N)C([C@H]2O[C@H](CN)[C@@H](O)C[C@H]2NC2CNC2)[C@H](O)[C@H]1O[C@H]1O[C@H](CO)[C@@H](O)[C@H](N)[C@H]1O. The Bertz CT molecular complexity index is 877. The molecular weight excluding hydrogens is 560 g/mol. The number of ether oxygens (including phenoxy) is 3. The van der Waals surface area contributed by atoms with Crippen molar-refractivity contribution in [1.82, 2.24) is 21.0 Å². The molecule has 3 heterocycles. The van der Waals surface area contributed by atoms with Crippen molar-refractivity contribution in [3.63, 3.8) is 0 Å². The van der Waals surface area contributed by atoms with Gasteiger partial charge in [0, 0.05) is 50.2 Å². The number of amides is 2. The van der Waals surface area contributed by atoms with E-state index in [1.54, 1.807) is 0 Å². The van der Waals surface area contributed by atoms with Crippen LogP contribution in [0.5, 0.6) is 0 Å². The van der Waals surface area contributed by atoms with E-state index >= 15 is 0 Å². The van der Waals surface area contributed by atoms with E-state index in [1.807, 2.05) is 0 Å². The molecule has 18 heteroatoms. The summed E-state index contributed by atoms with van der Waals surface area (Å²) in [5, 5.41) is 72.8. The van der Waals surface area contributed by atoms with E-state index in [2.05, 4.69) is 16.0 Å². The van der Waals surface area contributed by atoms with Gasteiger partial charge in [0.25, 0.3) is 0 Å². The van der Waals surface area contributed by atoms with Gasteiger partial charge in [-0.2, -0.15) is 0 Å². The van der Waals surface area contributed by atoms with Gasteiger partial charge in [0.15, 0.2) is 6.29 Å². The van der Waals surface area contributed by atoms with Crippen molar-refractivity contribution in [1.29, 1.82) is 0 Å². The fourth-order valence-electron chi connectivity index (χ4n) is 6.27. The first-order valence-electron chi connectivity index (χ1n) is 14.4. The summed E-state index contributed by atoms with van der Waals surface area (Å²) in [6.45, 7) is 0.663. The molecule has 0 radical (unpaired) electrons. The summed E-state index contributed by atoms with van der Waals surface area (Å²) in [7, 11) is 0. The summed E-state index contributed by atoms with van der Waals surface area (Å²) in [5.41, 5.74) is 23.9. The number of nitrogens with one attached hydrogen (secondary N) is 3. The van der Waals surface area contributed by atoms with Crippen LogP contribution in [0.25, 0.3) is 0 Å². The minimum atomic E-state index is -1.56. The summed E-state index contributed by atoms with van der Waals surface area (Å²) < 4.78 is 17.9. The predicted octanol–water partition coefficient (Wildman–Crippen LogP) is -7.02. The van der Waals surface area contributed by atoms with Crippen LogP contribution < -0.4 is 38.9 Å². The van der Waals surface area contributed by atoms with Gasteiger partial charge < -0.3 is 78.6 Å². The number of hydrogen-bond donors (Lipinski definition) is 13. The number of urea groups is 1. The molecular formula is C24H48N8O10. The van der Waals surface area contributed by atoms with Crippen LogP contribution in [0.15, 0.2) is 0 Å². The largest absolute Gasteiger partial charge is 0.394 e. The lowest BCUT2D eigenvalue weighted by Gasteiger charge is -2.52. The van der Waals surface area contributed by atoms with Crippen molar-refractivity contribution >= 4 is 6.03 Å². The lowest BCUT2D eigenvalue weighted by Crippen LogP contribution is -2.71. The number of rotatable bonds is 10. The molecule has 1 aliphatic carbocycles. The molecule has 1 saturated carbocycles. The summed E-state index contributed by atoms with van der Waals surface area (Å²) in [6, 6.07) is -4.22. The number of nitrogens with zero attached hydrogens (tertiary/aromatic N) is 1. The Hall–Kier alpha value is -1.33. The second-order valence-corrected chi connectivity index (χ2v) is 11.6. The van der Waals surface area contributed by atoms with Crippen molar-refractivity contribution < 1.29 is 49.7 Å². The zero-order valence-corrected chi connectivity index (χ0v) is 23.4. The molecule has 14 atom stereocenters. The van der Waals surface area contributed by atoms with Crippen LogP contribution >= 0.6 is 0 Å². The van der Waals surface area contributed by atoms with E-state index < -0.39 is 97.8 Å². The van der Waals surface area contributed by atoms with E-state index in [0.29, 0.717) is 24.6 Å². The second-order valence-electron chi connectivity index (χ2n) is 11.6. The van der Waals surface area contributed by atoms with Gasteiger partial charge >= 0.3 is 6.03 Å². The molecule has 4 aliphatic rings. The number of carbonyl (C=O) groups is 1. The maximum absolute atomic E-state index is 12.7. The predicted molar refractivity (Wildman–Crippen MR) is 144 cm³/mol. The first-order valence-corrected chi connectivity index (χ1v) is 14.4. The van der Waals surface area contributed by atoms with Gasteiger partial charge in [-0.05, 0) is 12.8 Å². The van der Waals surface area contributed by atoms with E-state index in [-0.39, 0.29) is 32.1 Å². The number of carbonyl (C=O) groups excluding carboxylic acids is 1. The molecule has 42 heavy (non-hydrogen) atoms. The topological polar surface area (TPSA) is 310 Å². The second kappa shape index (κ2) is 14.6. The molecule has 3 saturated heterocycles. The molecule has 4 rings (SSSR count). The first kappa shape index (κ1) is 33.6. The molecule has 0 bridgehead atoms. The Balaban J connectivity index is 1.62. The quantitative estimate of drug-likeness (QED) is 0.0809. The van der Waals surface area contributed by atoms with Crippen LogP contribution in [0.2, 0.25) is 0 Å². The smallest absolute Gasteiger partial charge is 0.341 e. The van der Waals surface area contributed by atoms with E-state index in [4.69, 9.17) is 37.1 Å². The molecule has 0 aromatic rings. The van der Waals surface area contributed by atoms with Crippen LogP contribution in [-0.2, 0) is 14.2 Å². The van der Waals surface area contributed by atoms with Gasteiger partial charge in [-0.15, -0.1) is 0 Å². The van der Waals surface area contributed by atoms with Crippen LogP contribution in [0, 0.1) is 5.92 Å². The molecule has 244 valence electrons. The van der Waals surface area contributed by atoms with E-state index in [9.17, 15) is 35.5 Å². The Kier molecular flexibility index (Phi) is 11.7. The standard InChI is InChI=1S/C24H48N8O10/c25-1-2-32(39)24(38)31-11-3-10(27)16(21-12(30-9-6-29-7-9)4-13(34)14(5-26)40-21)19(36)22(11)42-23-20(37)17(28)18(35)15(8-33)41-23/h9-23,29-30,33-37,39H,1-8,25-28H2,(H,31,38)/t10-,11+,12+,13-,14+,15+,16?,17-,18+,19-,20+,21-,22-,23+/m0/s1. The monoisotopic (exact) mass is 608 g/mol. The van der Waals surface area contributed by atoms with Crippen molar-refractivity contribution in [3.8, 4) is 0 Å². The molecule has 18 nitrogen and oxygen atoms in total. The van der Waals surface area contributed by atoms with Gasteiger partial charge in [0.1, 0.15) is 24.4 Å². The molecule has 0 aromatic carbocycles. The lowest BCUT2D eigenvalue weighted by atomic mass is 9.71. The molecule has 17 N–H and O–H groups in total. The summed E-state index contributed by atoms with van der Waals surface area (Å²) in [6.07, 6.45) is -10.3. The minimum Gasteiger partial charge on any atom is -0.394 e. The maximum atomic E-state index is 12.7.